The van der Waals surface area contributed by atoms with E-state index in [1.807, 2.05) is 6.07 Å². The lowest BCUT2D eigenvalue weighted by molar-refractivity contribution is -0.117. The van der Waals surface area contributed by atoms with Crippen molar-refractivity contribution in [3.63, 3.8) is 0 Å². The Morgan fingerprint density at radius 1 is 0.923 bits per heavy atom. The Balaban J connectivity index is 1.54. The van der Waals surface area contributed by atoms with Crippen LogP contribution in [0.15, 0.2) is 59.4 Å². The van der Waals surface area contributed by atoms with Gasteiger partial charge in [-0.25, -0.2) is 0 Å². The third kappa shape index (κ3) is 3.35. The summed E-state index contributed by atoms with van der Waals surface area (Å²) in [6.07, 6.45) is 1.86. The summed E-state index contributed by atoms with van der Waals surface area (Å²) in [6, 6.07) is 15.7. The number of nitrogens with one attached hydrogen (secondary N) is 3. The number of hydrogen-bond donors (Lipinski definition) is 3. The van der Waals surface area contributed by atoms with Gasteiger partial charge >= 0.3 is 0 Å². The lowest BCUT2D eigenvalue weighted by Gasteiger charge is -2.09. The zero-order valence-electron chi connectivity index (χ0n) is 13.9. The molecule has 0 aliphatic heterocycles. The molecule has 1 aromatic heterocycles. The van der Waals surface area contributed by atoms with Crippen LogP contribution in [-0.2, 0) is 4.79 Å². The molecule has 3 N–H and O–H groups in total. The molecular formula is C20H17N3O3. The van der Waals surface area contributed by atoms with Gasteiger partial charge in [-0.1, -0.05) is 24.3 Å². The summed E-state index contributed by atoms with van der Waals surface area (Å²) in [4.78, 5) is 39.1. The first kappa shape index (κ1) is 16.1. The standard InChI is InChI=1S/C20H17N3O3/c24-18(12-8-9-12)21-14-5-3-6-15(11-14)22-20(26)17-10-13-4-1-2-7-16(13)19(25)23-17/h1-7,10-12H,8-9H2,(H,21,24)(H,22,26)(H,23,25). The molecule has 1 aliphatic rings. The molecule has 2 aromatic carbocycles. The van der Waals surface area contributed by atoms with E-state index < -0.39 is 5.91 Å². The van der Waals surface area contributed by atoms with Crippen LogP contribution in [0.5, 0.6) is 0 Å². The molecule has 1 fully saturated rings. The first-order valence-corrected chi connectivity index (χ1v) is 8.44. The number of hydrogen-bond acceptors (Lipinski definition) is 3. The van der Waals surface area contributed by atoms with Crippen LogP contribution < -0.4 is 16.2 Å². The third-order valence-electron chi connectivity index (χ3n) is 4.33. The fourth-order valence-electron chi connectivity index (χ4n) is 2.80. The maximum atomic E-state index is 12.5. The molecule has 6 nitrogen and oxygen atoms in total. The Labute approximate surface area is 149 Å². The van der Waals surface area contributed by atoms with Gasteiger partial charge in [0.2, 0.25) is 5.91 Å². The lowest BCUT2D eigenvalue weighted by atomic mass is 10.1. The van der Waals surface area contributed by atoms with Crippen LogP contribution in [0, 0.1) is 5.92 Å². The number of carbonyl (C=O) groups is 2. The average molecular weight is 347 g/mol. The lowest BCUT2D eigenvalue weighted by Crippen LogP contribution is -2.19. The van der Waals surface area contributed by atoms with E-state index in [1.54, 1.807) is 48.5 Å². The Kier molecular flexibility index (Phi) is 4.01. The second kappa shape index (κ2) is 6.48. The van der Waals surface area contributed by atoms with E-state index >= 15 is 0 Å². The Morgan fingerprint density at radius 2 is 1.65 bits per heavy atom. The van der Waals surface area contributed by atoms with E-state index in [0.717, 1.165) is 12.8 Å². The van der Waals surface area contributed by atoms with Gasteiger partial charge in [-0.2, -0.15) is 0 Å². The van der Waals surface area contributed by atoms with Crippen molar-refractivity contribution < 1.29 is 9.59 Å². The summed E-state index contributed by atoms with van der Waals surface area (Å²) < 4.78 is 0. The van der Waals surface area contributed by atoms with Crippen molar-refractivity contribution in [2.75, 3.05) is 10.6 Å². The molecule has 0 atom stereocenters. The number of carbonyl (C=O) groups excluding carboxylic acids is 2. The maximum absolute atomic E-state index is 12.5. The Hall–Kier alpha value is -3.41. The summed E-state index contributed by atoms with van der Waals surface area (Å²) in [5, 5.41) is 6.83. The Morgan fingerprint density at radius 3 is 2.42 bits per heavy atom. The van der Waals surface area contributed by atoms with Crippen molar-refractivity contribution >= 4 is 34.0 Å². The predicted molar refractivity (Wildman–Crippen MR) is 100 cm³/mol. The Bertz CT molecular complexity index is 1070. The van der Waals surface area contributed by atoms with Crippen LogP contribution in [-0.4, -0.2) is 16.8 Å². The summed E-state index contributed by atoms with van der Waals surface area (Å²) >= 11 is 0. The van der Waals surface area contributed by atoms with Crippen molar-refractivity contribution in [1.82, 2.24) is 4.98 Å². The van der Waals surface area contributed by atoms with E-state index in [9.17, 15) is 14.4 Å². The van der Waals surface area contributed by atoms with E-state index in [4.69, 9.17) is 0 Å². The van der Waals surface area contributed by atoms with Gasteiger partial charge in [0, 0.05) is 22.7 Å². The van der Waals surface area contributed by atoms with E-state index in [2.05, 4.69) is 15.6 Å². The summed E-state index contributed by atoms with van der Waals surface area (Å²) in [5.74, 6) is -0.304. The predicted octanol–water partition coefficient (Wildman–Crippen LogP) is 3.13. The quantitative estimate of drug-likeness (QED) is 0.677. The van der Waals surface area contributed by atoms with E-state index in [0.29, 0.717) is 22.1 Å². The van der Waals surface area contributed by atoms with Gasteiger partial charge in [0.15, 0.2) is 0 Å². The van der Waals surface area contributed by atoms with Crippen molar-refractivity contribution in [3.05, 3.63) is 70.6 Å². The van der Waals surface area contributed by atoms with Gasteiger partial charge in [-0.15, -0.1) is 0 Å². The van der Waals surface area contributed by atoms with Crippen LogP contribution in [0.25, 0.3) is 10.8 Å². The molecule has 1 saturated carbocycles. The summed E-state index contributed by atoms with van der Waals surface area (Å²) in [6.45, 7) is 0. The fraction of sp³-hybridized carbons (Fsp3) is 0.150. The van der Waals surface area contributed by atoms with Crippen LogP contribution in [0.1, 0.15) is 23.3 Å². The van der Waals surface area contributed by atoms with Crippen molar-refractivity contribution in [3.8, 4) is 0 Å². The zero-order valence-corrected chi connectivity index (χ0v) is 13.9. The van der Waals surface area contributed by atoms with E-state index in [-0.39, 0.29) is 23.1 Å². The second-order valence-electron chi connectivity index (χ2n) is 6.40. The van der Waals surface area contributed by atoms with Crippen molar-refractivity contribution in [2.45, 2.75) is 12.8 Å². The topological polar surface area (TPSA) is 91.1 Å². The molecule has 26 heavy (non-hydrogen) atoms. The maximum Gasteiger partial charge on any atom is 0.272 e. The number of H-pyrrole nitrogens is 1. The first-order chi connectivity index (χ1) is 12.6. The zero-order chi connectivity index (χ0) is 18.1. The fourth-order valence-corrected chi connectivity index (χ4v) is 2.80. The van der Waals surface area contributed by atoms with Gasteiger partial charge in [-0.05, 0) is 48.6 Å². The minimum atomic E-state index is -0.418. The molecular weight excluding hydrogens is 330 g/mol. The highest BCUT2D eigenvalue weighted by Crippen LogP contribution is 2.30. The van der Waals surface area contributed by atoms with Crippen LogP contribution in [0.4, 0.5) is 11.4 Å². The molecule has 0 saturated heterocycles. The number of fused-ring (bicyclic) bond motifs is 1. The molecule has 6 heteroatoms. The normalized spacial score (nSPS) is 13.4. The molecule has 0 radical (unpaired) electrons. The van der Waals surface area contributed by atoms with Crippen LogP contribution in [0.3, 0.4) is 0 Å². The van der Waals surface area contributed by atoms with Gasteiger partial charge in [0.25, 0.3) is 11.5 Å². The number of aromatic nitrogens is 1. The SMILES string of the molecule is O=C(Nc1cccc(NC(=O)C2CC2)c1)c1cc2ccccc2c(=O)[nH]1. The average Bonchev–Trinajstić information content (AvgIpc) is 3.47. The number of aromatic amines is 1. The largest absolute Gasteiger partial charge is 0.326 e. The molecule has 0 spiro atoms. The van der Waals surface area contributed by atoms with E-state index in [1.165, 1.54) is 0 Å². The minimum Gasteiger partial charge on any atom is -0.326 e. The highest BCUT2D eigenvalue weighted by Gasteiger charge is 2.29. The highest BCUT2D eigenvalue weighted by atomic mass is 16.2. The molecule has 0 unspecified atom stereocenters. The van der Waals surface area contributed by atoms with Gasteiger partial charge in [-0.3, -0.25) is 14.4 Å². The van der Waals surface area contributed by atoms with Crippen molar-refractivity contribution in [1.29, 1.82) is 0 Å². The molecule has 130 valence electrons. The molecule has 4 rings (SSSR count). The highest BCUT2D eigenvalue weighted by molar-refractivity contribution is 6.05. The van der Waals surface area contributed by atoms with Crippen LogP contribution in [0.2, 0.25) is 0 Å². The molecule has 1 aliphatic carbocycles. The van der Waals surface area contributed by atoms with Crippen LogP contribution >= 0.6 is 0 Å². The van der Waals surface area contributed by atoms with Crippen molar-refractivity contribution in [2.24, 2.45) is 5.92 Å². The number of pyridine rings is 1. The number of benzene rings is 2. The summed E-state index contributed by atoms with van der Waals surface area (Å²) in [7, 11) is 0. The third-order valence-corrected chi connectivity index (χ3v) is 4.33. The number of amides is 2. The number of anilines is 2. The molecule has 0 bridgehead atoms. The summed E-state index contributed by atoms with van der Waals surface area (Å²) in [5.41, 5.74) is 1.05. The molecule has 1 heterocycles. The van der Waals surface area contributed by atoms with Gasteiger partial charge in [0.05, 0.1) is 0 Å². The minimum absolute atomic E-state index is 0.00679. The molecule has 3 aromatic rings. The first-order valence-electron chi connectivity index (χ1n) is 8.44. The second-order valence-corrected chi connectivity index (χ2v) is 6.40. The monoisotopic (exact) mass is 347 g/mol. The van der Waals surface area contributed by atoms with Gasteiger partial charge < -0.3 is 15.6 Å². The molecule has 2 amide bonds. The number of rotatable bonds is 4. The van der Waals surface area contributed by atoms with Gasteiger partial charge in [0.1, 0.15) is 5.69 Å². The smallest absolute Gasteiger partial charge is 0.272 e.